The third-order valence-corrected chi connectivity index (χ3v) is 12.8. The maximum Gasteiger partial charge on any atom is 0.271 e. The lowest BCUT2D eigenvalue weighted by molar-refractivity contribution is 0.0822. The minimum absolute atomic E-state index is 0.104. The van der Waals surface area contributed by atoms with E-state index < -0.39 is 8.07 Å². The van der Waals surface area contributed by atoms with Crippen LogP contribution in [0.25, 0.3) is 17.5 Å². The van der Waals surface area contributed by atoms with Gasteiger partial charge in [-0.2, -0.15) is 0 Å². The lowest BCUT2D eigenvalue weighted by atomic mass is 10.1. The fourth-order valence-corrected chi connectivity index (χ4v) is 10.1. The summed E-state index contributed by atoms with van der Waals surface area (Å²) >= 11 is 0. The van der Waals surface area contributed by atoms with Gasteiger partial charge in [0.05, 0.1) is 19.5 Å². The number of pyridine rings is 2. The van der Waals surface area contributed by atoms with Crippen LogP contribution in [0.3, 0.4) is 0 Å². The monoisotopic (exact) mass is 409 g/mol. The molecule has 2 aromatic rings. The van der Waals surface area contributed by atoms with Crippen molar-refractivity contribution < 1.29 is 4.79 Å². The molecule has 2 heterocycles. The third kappa shape index (κ3) is 4.84. The zero-order valence-corrected chi connectivity index (χ0v) is 20.1. The number of carbonyl (C=O) groups is 1. The summed E-state index contributed by atoms with van der Waals surface area (Å²) in [7, 11) is 1.79. The molecule has 2 aromatic heterocycles. The standard InChI is InChI=1S/C24H35N3OSi/c1-17(2)29(18(3)4,19(5)6)16-14-20-12-13-22(24(28)27(7)8)26-23(20)21-11-9-10-15-25-21/h9-19H,1-8H3/b16-14+. The Bertz CT molecular complexity index is 836. The number of nitrogens with zero attached hydrogens (tertiary/aromatic N) is 3. The molecule has 0 bridgehead atoms. The van der Waals surface area contributed by atoms with Gasteiger partial charge in [-0.05, 0) is 34.8 Å². The second-order valence-electron chi connectivity index (χ2n) is 8.85. The summed E-state index contributed by atoms with van der Waals surface area (Å²) in [6.07, 6.45) is 3.99. The molecule has 1 amide bonds. The molecule has 0 saturated carbocycles. The van der Waals surface area contributed by atoms with Crippen LogP contribution in [0.2, 0.25) is 16.6 Å². The van der Waals surface area contributed by atoms with Gasteiger partial charge >= 0.3 is 0 Å². The maximum absolute atomic E-state index is 12.5. The van der Waals surface area contributed by atoms with Crippen molar-refractivity contribution in [1.29, 1.82) is 0 Å². The molecule has 0 radical (unpaired) electrons. The normalized spacial score (nSPS) is 12.4. The van der Waals surface area contributed by atoms with Crippen LogP contribution in [0.1, 0.15) is 57.6 Å². The van der Waals surface area contributed by atoms with Crippen molar-refractivity contribution in [2.75, 3.05) is 14.1 Å². The van der Waals surface area contributed by atoms with Crippen molar-refractivity contribution >= 4 is 20.1 Å². The second-order valence-corrected chi connectivity index (χ2v) is 14.6. The molecule has 0 aliphatic rings. The summed E-state index contributed by atoms with van der Waals surface area (Å²) in [5.74, 6) is -0.104. The van der Waals surface area contributed by atoms with Crippen molar-refractivity contribution in [3.05, 3.63) is 53.5 Å². The fourth-order valence-electron chi connectivity index (χ4n) is 4.47. The molecule has 2 rings (SSSR count). The van der Waals surface area contributed by atoms with Gasteiger partial charge < -0.3 is 4.90 Å². The van der Waals surface area contributed by atoms with Gasteiger partial charge in [0, 0.05) is 25.9 Å². The Kier molecular flexibility index (Phi) is 7.52. The Morgan fingerprint density at radius 3 is 2.07 bits per heavy atom. The first-order valence-electron chi connectivity index (χ1n) is 10.4. The first kappa shape index (κ1) is 23.0. The summed E-state index contributed by atoms with van der Waals surface area (Å²) in [5, 5.41) is 0. The number of carbonyl (C=O) groups excluding carboxylic acids is 1. The van der Waals surface area contributed by atoms with E-state index in [1.165, 1.54) is 0 Å². The van der Waals surface area contributed by atoms with Gasteiger partial charge in [-0.15, -0.1) is 0 Å². The van der Waals surface area contributed by atoms with Crippen LogP contribution in [0.4, 0.5) is 0 Å². The maximum atomic E-state index is 12.5. The van der Waals surface area contributed by atoms with Gasteiger partial charge in [-0.25, -0.2) is 4.98 Å². The van der Waals surface area contributed by atoms with Crippen LogP contribution in [0.5, 0.6) is 0 Å². The van der Waals surface area contributed by atoms with Crippen molar-refractivity contribution in [3.63, 3.8) is 0 Å². The Labute approximate surface area is 177 Å². The number of amides is 1. The Morgan fingerprint density at radius 2 is 1.59 bits per heavy atom. The molecule has 0 unspecified atom stereocenters. The molecule has 0 atom stereocenters. The van der Waals surface area contributed by atoms with Crippen molar-refractivity contribution in [2.24, 2.45) is 0 Å². The average molecular weight is 410 g/mol. The zero-order chi connectivity index (χ0) is 21.8. The van der Waals surface area contributed by atoms with Crippen LogP contribution in [-0.2, 0) is 0 Å². The number of hydrogen-bond donors (Lipinski definition) is 0. The van der Waals surface area contributed by atoms with Crippen LogP contribution >= 0.6 is 0 Å². The predicted octanol–water partition coefficient (Wildman–Crippen LogP) is 6.08. The highest BCUT2D eigenvalue weighted by molar-refractivity contribution is 6.88. The third-order valence-electron chi connectivity index (χ3n) is 6.01. The highest BCUT2D eigenvalue weighted by Gasteiger charge is 2.40. The molecule has 29 heavy (non-hydrogen) atoms. The summed E-state index contributed by atoms with van der Waals surface area (Å²) in [6.45, 7) is 14.1. The molecule has 0 aliphatic heterocycles. The first-order valence-corrected chi connectivity index (χ1v) is 12.8. The molecule has 0 aliphatic carbocycles. The van der Waals surface area contributed by atoms with E-state index >= 15 is 0 Å². The molecular formula is C24H35N3OSi. The molecule has 4 nitrogen and oxygen atoms in total. The largest absolute Gasteiger partial charge is 0.343 e. The van der Waals surface area contributed by atoms with Crippen LogP contribution < -0.4 is 0 Å². The van der Waals surface area contributed by atoms with E-state index in [0.29, 0.717) is 22.3 Å². The van der Waals surface area contributed by atoms with Crippen molar-refractivity contribution in [3.8, 4) is 11.4 Å². The molecule has 5 heteroatoms. The Hall–Kier alpha value is -2.27. The van der Waals surface area contributed by atoms with Gasteiger partial charge in [-0.3, -0.25) is 9.78 Å². The molecule has 0 fully saturated rings. The van der Waals surface area contributed by atoms with E-state index in [1.54, 1.807) is 25.2 Å². The van der Waals surface area contributed by atoms with E-state index in [0.717, 1.165) is 17.0 Å². The molecular weight excluding hydrogens is 374 g/mol. The van der Waals surface area contributed by atoms with Crippen LogP contribution in [-0.4, -0.2) is 42.9 Å². The smallest absolute Gasteiger partial charge is 0.271 e. The Morgan fingerprint density at radius 1 is 0.966 bits per heavy atom. The first-order chi connectivity index (χ1) is 13.6. The fraction of sp³-hybridized carbons (Fsp3) is 0.458. The van der Waals surface area contributed by atoms with Gasteiger partial charge in [0.2, 0.25) is 0 Å². The highest BCUT2D eigenvalue weighted by atomic mass is 28.3. The number of aromatic nitrogens is 2. The summed E-state index contributed by atoms with van der Waals surface area (Å²) < 4.78 is 0. The van der Waals surface area contributed by atoms with Gasteiger partial charge in [0.1, 0.15) is 5.69 Å². The Balaban J connectivity index is 2.62. The summed E-state index contributed by atoms with van der Waals surface area (Å²) in [4.78, 5) is 23.2. The number of rotatable bonds is 7. The van der Waals surface area contributed by atoms with E-state index in [9.17, 15) is 4.79 Å². The predicted molar refractivity (Wildman–Crippen MR) is 126 cm³/mol. The summed E-state index contributed by atoms with van der Waals surface area (Å²) in [6, 6.07) is 9.61. The lowest BCUT2D eigenvalue weighted by Crippen LogP contribution is -2.42. The van der Waals surface area contributed by atoms with E-state index in [4.69, 9.17) is 4.98 Å². The molecule has 0 saturated heterocycles. The minimum Gasteiger partial charge on any atom is -0.343 e. The SMILES string of the molecule is CC(C)[Si](/C=C/c1ccc(C(=O)N(C)C)nc1-c1ccccn1)(C(C)C)C(C)C. The van der Waals surface area contributed by atoms with Gasteiger partial charge in [0.15, 0.2) is 0 Å². The topological polar surface area (TPSA) is 46.1 Å². The second kappa shape index (κ2) is 9.48. The van der Waals surface area contributed by atoms with E-state index in [1.807, 2.05) is 30.3 Å². The van der Waals surface area contributed by atoms with Crippen LogP contribution in [0.15, 0.2) is 42.2 Å². The molecule has 0 aromatic carbocycles. The quantitative estimate of drug-likeness (QED) is 0.521. The molecule has 0 N–H and O–H groups in total. The summed E-state index contributed by atoms with van der Waals surface area (Å²) in [5.41, 5.74) is 7.40. The van der Waals surface area contributed by atoms with Crippen molar-refractivity contribution in [1.82, 2.24) is 14.9 Å². The highest BCUT2D eigenvalue weighted by Crippen LogP contribution is 2.43. The minimum atomic E-state index is -1.69. The van der Waals surface area contributed by atoms with E-state index in [-0.39, 0.29) is 5.91 Å². The molecule has 0 spiro atoms. The zero-order valence-electron chi connectivity index (χ0n) is 19.1. The van der Waals surface area contributed by atoms with Gasteiger partial charge in [0.25, 0.3) is 5.91 Å². The number of hydrogen-bond acceptors (Lipinski definition) is 3. The van der Waals surface area contributed by atoms with Crippen molar-refractivity contribution in [2.45, 2.75) is 58.2 Å². The molecule has 156 valence electrons. The van der Waals surface area contributed by atoms with Gasteiger partial charge in [-0.1, -0.05) is 65.5 Å². The van der Waals surface area contributed by atoms with E-state index in [2.05, 4.69) is 58.3 Å². The van der Waals surface area contributed by atoms with Crippen LogP contribution in [0, 0.1) is 0 Å². The average Bonchev–Trinajstić information content (AvgIpc) is 2.67. The lowest BCUT2D eigenvalue weighted by Gasteiger charge is -2.40.